The Morgan fingerprint density at radius 3 is 1.60 bits per heavy atom. The molecule has 1 aliphatic heterocycles. The molecular formula is C48H78N12O15. The quantitative estimate of drug-likeness (QED) is 0.0188. The predicted molar refractivity (Wildman–Crippen MR) is 271 cm³/mol. The van der Waals surface area contributed by atoms with Gasteiger partial charge in [-0.05, 0) is 87.4 Å². The zero-order chi connectivity index (χ0) is 56.7. The third kappa shape index (κ3) is 22.9. The number of amides is 8. The number of rotatable bonds is 32. The van der Waals surface area contributed by atoms with E-state index in [9.17, 15) is 73.5 Å². The van der Waals surface area contributed by atoms with Gasteiger partial charge in [0.15, 0.2) is 5.96 Å². The second kappa shape index (κ2) is 31.6. The van der Waals surface area contributed by atoms with Crippen LogP contribution in [0.5, 0.6) is 5.75 Å². The molecule has 10 unspecified atom stereocenters. The Labute approximate surface area is 435 Å². The minimum Gasteiger partial charge on any atom is -0.508 e. The van der Waals surface area contributed by atoms with Crippen LogP contribution < -0.4 is 59.3 Å². The summed E-state index contributed by atoms with van der Waals surface area (Å²) in [5.74, 6) is -12.0. The number of aliphatic imine (C=N–C) groups is 1. The topological polar surface area (TPSA) is 445 Å². The van der Waals surface area contributed by atoms with Crippen molar-refractivity contribution in [2.75, 3.05) is 19.7 Å². The lowest BCUT2D eigenvalue weighted by Crippen LogP contribution is -2.62. The number of nitrogens with one attached hydrogen (secondary N) is 9. The highest BCUT2D eigenvalue weighted by atomic mass is 16.4. The normalized spacial score (nSPS) is 16.8. The van der Waals surface area contributed by atoms with Crippen molar-refractivity contribution in [2.24, 2.45) is 34.2 Å². The Balaban J connectivity index is 2.42. The second-order valence-corrected chi connectivity index (χ2v) is 19.7. The second-order valence-electron chi connectivity index (χ2n) is 19.7. The third-order valence-corrected chi connectivity index (χ3v) is 11.8. The van der Waals surface area contributed by atoms with Crippen LogP contribution in [0.15, 0.2) is 29.3 Å². The highest BCUT2D eigenvalue weighted by Crippen LogP contribution is 2.15. The summed E-state index contributed by atoms with van der Waals surface area (Å²) in [7, 11) is 0. The molecule has 10 atom stereocenters. The van der Waals surface area contributed by atoms with Crippen molar-refractivity contribution in [3.63, 3.8) is 0 Å². The summed E-state index contributed by atoms with van der Waals surface area (Å²) in [6.07, 6.45) is -1.76. The number of aromatic hydroxyl groups is 1. The van der Waals surface area contributed by atoms with E-state index in [4.69, 9.17) is 11.5 Å². The van der Waals surface area contributed by atoms with Crippen molar-refractivity contribution < 1.29 is 73.5 Å². The molecule has 0 aliphatic carbocycles. The number of phenolic OH excluding ortho intramolecular Hbond substituents is 1. The van der Waals surface area contributed by atoms with Crippen LogP contribution in [-0.2, 0) is 54.4 Å². The summed E-state index contributed by atoms with van der Waals surface area (Å²) in [6.45, 7) is 11.0. The lowest BCUT2D eigenvalue weighted by molar-refractivity contribution is -0.143. The zero-order valence-corrected chi connectivity index (χ0v) is 43.5. The summed E-state index contributed by atoms with van der Waals surface area (Å²) < 4.78 is 0. The number of carboxylic acid groups (broad SMARTS) is 2. The molecule has 75 heavy (non-hydrogen) atoms. The number of aliphatic hydroxyl groups is 2. The first-order valence-electron chi connectivity index (χ1n) is 24.9. The lowest BCUT2D eigenvalue weighted by atomic mass is 9.99. The van der Waals surface area contributed by atoms with Crippen molar-refractivity contribution in [1.82, 2.24) is 47.9 Å². The molecule has 0 bridgehead atoms. The Kier molecular flexibility index (Phi) is 26.9. The molecule has 27 heteroatoms. The van der Waals surface area contributed by atoms with E-state index >= 15 is 0 Å². The maximum absolute atomic E-state index is 14.2. The van der Waals surface area contributed by atoms with Gasteiger partial charge in [-0.15, -0.1) is 0 Å². The van der Waals surface area contributed by atoms with Crippen molar-refractivity contribution >= 4 is 65.2 Å². The van der Waals surface area contributed by atoms with E-state index in [2.05, 4.69) is 52.8 Å². The number of benzene rings is 1. The van der Waals surface area contributed by atoms with Crippen LogP contribution in [0.4, 0.5) is 0 Å². The molecule has 0 radical (unpaired) electrons. The maximum Gasteiger partial charge on any atom is 0.328 e. The van der Waals surface area contributed by atoms with E-state index in [1.54, 1.807) is 41.5 Å². The fourth-order valence-corrected chi connectivity index (χ4v) is 7.79. The Morgan fingerprint density at radius 1 is 0.640 bits per heavy atom. The van der Waals surface area contributed by atoms with Crippen LogP contribution in [0.3, 0.4) is 0 Å². The van der Waals surface area contributed by atoms with Crippen LogP contribution >= 0.6 is 0 Å². The monoisotopic (exact) mass is 1060 g/mol. The lowest BCUT2D eigenvalue weighted by Gasteiger charge is -2.29. The van der Waals surface area contributed by atoms with E-state index in [0.717, 1.165) is 6.42 Å². The van der Waals surface area contributed by atoms with Crippen LogP contribution in [0.1, 0.15) is 99.0 Å². The minimum atomic E-state index is -1.87. The molecule has 420 valence electrons. The number of hydrogen-bond acceptors (Lipinski definition) is 15. The van der Waals surface area contributed by atoms with E-state index in [1.165, 1.54) is 31.2 Å². The van der Waals surface area contributed by atoms with E-state index in [1.807, 2.05) is 0 Å². The molecule has 27 nitrogen and oxygen atoms in total. The molecule has 1 fully saturated rings. The number of aliphatic carboxylic acids is 2. The van der Waals surface area contributed by atoms with Gasteiger partial charge < -0.3 is 84.9 Å². The Hall–Kier alpha value is -7.13. The molecule has 8 amide bonds. The number of carboxylic acids is 2. The first-order chi connectivity index (χ1) is 35.1. The maximum atomic E-state index is 14.2. The van der Waals surface area contributed by atoms with Gasteiger partial charge in [0.1, 0.15) is 54.1 Å². The van der Waals surface area contributed by atoms with Crippen molar-refractivity contribution in [1.29, 1.82) is 0 Å². The Morgan fingerprint density at radius 2 is 1.12 bits per heavy atom. The molecule has 1 saturated heterocycles. The standard InChI is InChI=1S/C48H78N12O15/c1-23(2)18-31(41(68)53-30(11-9-17-52-48(49)50)40(67)55-33(20-27-12-14-28(63)15-13-27)43(70)58-35(22-61)47(74)75)54-44(71)34(21-36(64)65)56-42(69)32(19-24(3)4)57-46(73)38(26(7)62)60-45(72)37(25(5)6)59-39(66)29-10-8-16-51-29/h12-15,23-26,29-35,37-38,51,61-63H,8-11,16-22H2,1-7H3,(H,53,68)(H,54,71)(H,55,67)(H,56,69)(H,57,73)(H,58,70)(H,59,66)(H,60,72)(H,64,65)(H,74,75)(H4,49,50,52). The van der Waals surface area contributed by atoms with Crippen molar-refractivity contribution in [3.8, 4) is 5.75 Å². The van der Waals surface area contributed by atoms with Gasteiger partial charge in [0.05, 0.1) is 25.2 Å². The first kappa shape index (κ1) is 64.0. The van der Waals surface area contributed by atoms with Crippen molar-refractivity contribution in [2.45, 2.75) is 160 Å². The smallest absolute Gasteiger partial charge is 0.328 e. The van der Waals surface area contributed by atoms with Crippen LogP contribution in [0.2, 0.25) is 0 Å². The molecular weight excluding hydrogens is 985 g/mol. The van der Waals surface area contributed by atoms with Gasteiger partial charge in [0.25, 0.3) is 0 Å². The van der Waals surface area contributed by atoms with E-state index < -0.39 is 139 Å². The van der Waals surface area contributed by atoms with Gasteiger partial charge in [0.2, 0.25) is 47.3 Å². The van der Waals surface area contributed by atoms with Crippen LogP contribution in [0, 0.1) is 17.8 Å². The fraction of sp³-hybridized carbons (Fsp3) is 0.646. The van der Waals surface area contributed by atoms with Gasteiger partial charge in [-0.3, -0.25) is 48.1 Å². The highest BCUT2D eigenvalue weighted by molar-refractivity contribution is 5.99. The summed E-state index contributed by atoms with van der Waals surface area (Å²) >= 11 is 0. The molecule has 1 aromatic rings. The molecule has 2 rings (SSSR count). The van der Waals surface area contributed by atoms with Crippen LogP contribution in [-0.4, -0.2) is 171 Å². The van der Waals surface area contributed by atoms with E-state index in [0.29, 0.717) is 18.5 Å². The number of phenols is 1. The average molecular weight is 1060 g/mol. The zero-order valence-electron chi connectivity index (χ0n) is 43.5. The summed E-state index contributed by atoms with van der Waals surface area (Å²) in [5, 5.41) is 72.1. The molecule has 1 aromatic carbocycles. The number of aliphatic hydroxyl groups excluding tert-OH is 2. The minimum absolute atomic E-state index is 0.0256. The average Bonchev–Trinajstić information content (AvgIpc) is 3.87. The van der Waals surface area contributed by atoms with E-state index in [-0.39, 0.29) is 62.2 Å². The predicted octanol–water partition coefficient (Wildman–Crippen LogP) is -3.70. The van der Waals surface area contributed by atoms with Gasteiger partial charge in [0, 0.05) is 13.0 Å². The molecule has 18 N–H and O–H groups in total. The molecule has 0 saturated carbocycles. The van der Waals surface area contributed by atoms with Gasteiger partial charge in [-0.25, -0.2) is 4.79 Å². The summed E-state index contributed by atoms with van der Waals surface area (Å²) in [6, 6.07) is -7.37. The van der Waals surface area contributed by atoms with Gasteiger partial charge in [-0.1, -0.05) is 53.7 Å². The number of guanidine groups is 1. The number of nitrogens with two attached hydrogens (primary N) is 2. The Bertz CT molecular complexity index is 2150. The number of nitrogens with zero attached hydrogens (tertiary/aromatic N) is 1. The van der Waals surface area contributed by atoms with Gasteiger partial charge in [-0.2, -0.15) is 0 Å². The van der Waals surface area contributed by atoms with Crippen molar-refractivity contribution in [3.05, 3.63) is 29.8 Å². The first-order valence-corrected chi connectivity index (χ1v) is 24.9. The molecule has 0 aromatic heterocycles. The van der Waals surface area contributed by atoms with Gasteiger partial charge >= 0.3 is 11.9 Å². The SMILES string of the molecule is CC(C)CC(NC(=O)C(CC(=O)O)NC(=O)C(CC(C)C)NC(=O)C(NC(=O)C(NC(=O)C1CCCN1)C(C)C)C(C)O)C(=O)NC(CCCN=C(N)N)C(=O)NC(Cc1ccc(O)cc1)C(=O)NC(CO)C(=O)O. The molecule has 1 heterocycles. The highest BCUT2D eigenvalue weighted by Gasteiger charge is 2.38. The fourth-order valence-electron chi connectivity index (χ4n) is 7.79. The number of hydrogen-bond donors (Lipinski definition) is 16. The van der Waals surface area contributed by atoms with Crippen LogP contribution in [0.25, 0.3) is 0 Å². The summed E-state index contributed by atoms with van der Waals surface area (Å²) in [5.41, 5.74) is 11.3. The largest absolute Gasteiger partial charge is 0.508 e. The number of carbonyl (C=O) groups excluding carboxylic acids is 8. The molecule has 1 aliphatic rings. The third-order valence-electron chi connectivity index (χ3n) is 11.8. The summed E-state index contributed by atoms with van der Waals surface area (Å²) in [4.78, 5) is 138. The molecule has 0 spiro atoms. The number of carbonyl (C=O) groups is 10.